The highest BCUT2D eigenvalue weighted by Crippen LogP contribution is 2.32. The van der Waals surface area contributed by atoms with Crippen molar-refractivity contribution < 1.29 is 4.74 Å². The highest BCUT2D eigenvalue weighted by molar-refractivity contribution is 6.30. The fourth-order valence-corrected chi connectivity index (χ4v) is 3.47. The lowest BCUT2D eigenvalue weighted by molar-refractivity contribution is 0.172. The normalized spacial score (nSPS) is 19.3. The molecule has 0 spiro atoms. The number of nitrogens with zero attached hydrogens (tertiary/aromatic N) is 6. The minimum absolute atomic E-state index is 0.298. The molecule has 1 saturated carbocycles. The van der Waals surface area contributed by atoms with Crippen LogP contribution in [0.4, 0.5) is 0 Å². The molecule has 2 aliphatic rings. The summed E-state index contributed by atoms with van der Waals surface area (Å²) < 4.78 is 7.66. The fourth-order valence-electron chi connectivity index (χ4n) is 3.37. The van der Waals surface area contributed by atoms with Crippen molar-refractivity contribution in [3.63, 3.8) is 0 Å². The molecule has 134 valence electrons. The quantitative estimate of drug-likeness (QED) is 0.786. The van der Waals surface area contributed by atoms with Gasteiger partial charge in [-0.15, -0.1) is 5.10 Å². The van der Waals surface area contributed by atoms with E-state index in [1.807, 2.05) is 0 Å². The Hall–Kier alpha value is -1.73. The second kappa shape index (κ2) is 7.25. The van der Waals surface area contributed by atoms with Crippen LogP contribution in [0.5, 0.6) is 6.01 Å². The van der Waals surface area contributed by atoms with Crippen LogP contribution in [0.3, 0.4) is 0 Å². The van der Waals surface area contributed by atoms with Gasteiger partial charge < -0.3 is 9.64 Å². The largest absolute Gasteiger partial charge is 0.457 e. The Morgan fingerprint density at radius 3 is 2.56 bits per heavy atom. The van der Waals surface area contributed by atoms with Crippen molar-refractivity contribution >= 4 is 11.6 Å². The summed E-state index contributed by atoms with van der Waals surface area (Å²) in [6.07, 6.45) is 8.15. The van der Waals surface area contributed by atoms with Crippen LogP contribution in [0.15, 0.2) is 12.4 Å². The average Bonchev–Trinajstić information content (AvgIpc) is 3.37. The Balaban J connectivity index is 1.33. The van der Waals surface area contributed by atoms with Crippen LogP contribution in [0.1, 0.15) is 43.1 Å². The first kappa shape index (κ1) is 16.7. The van der Waals surface area contributed by atoms with Crippen LogP contribution in [0, 0.1) is 12.8 Å². The van der Waals surface area contributed by atoms with E-state index in [4.69, 9.17) is 16.3 Å². The Morgan fingerprint density at radius 2 is 1.88 bits per heavy atom. The molecule has 1 aliphatic heterocycles. The van der Waals surface area contributed by atoms with Crippen LogP contribution in [-0.2, 0) is 6.61 Å². The number of hydrogen-bond donors (Lipinski definition) is 0. The zero-order valence-electron chi connectivity index (χ0n) is 14.4. The first-order chi connectivity index (χ1) is 12.2. The SMILES string of the molecule is Cc1c(COc2ncc(Cl)cn2)nnn1C1CCN(CC2CC2)CC1. The molecule has 0 amide bonds. The summed E-state index contributed by atoms with van der Waals surface area (Å²) in [6.45, 7) is 5.96. The molecule has 0 N–H and O–H groups in total. The van der Waals surface area contributed by atoms with Crippen LogP contribution >= 0.6 is 11.6 Å². The van der Waals surface area contributed by atoms with Crippen molar-refractivity contribution in [3.8, 4) is 6.01 Å². The molecule has 8 heteroatoms. The highest BCUT2D eigenvalue weighted by Gasteiger charge is 2.28. The highest BCUT2D eigenvalue weighted by atomic mass is 35.5. The molecule has 0 aromatic carbocycles. The van der Waals surface area contributed by atoms with E-state index in [2.05, 4.69) is 36.8 Å². The van der Waals surface area contributed by atoms with Gasteiger partial charge >= 0.3 is 6.01 Å². The Morgan fingerprint density at radius 1 is 1.16 bits per heavy atom. The fraction of sp³-hybridized carbons (Fsp3) is 0.647. The van der Waals surface area contributed by atoms with Gasteiger partial charge in [0.25, 0.3) is 0 Å². The molecule has 2 aromatic rings. The van der Waals surface area contributed by atoms with Gasteiger partial charge in [0, 0.05) is 19.6 Å². The van der Waals surface area contributed by atoms with Gasteiger partial charge in [-0.05, 0) is 38.5 Å². The maximum atomic E-state index is 5.78. The van der Waals surface area contributed by atoms with Gasteiger partial charge in [-0.3, -0.25) is 0 Å². The van der Waals surface area contributed by atoms with Crippen molar-refractivity contribution in [1.82, 2.24) is 29.9 Å². The number of aromatic nitrogens is 5. The van der Waals surface area contributed by atoms with E-state index in [9.17, 15) is 0 Å². The van der Waals surface area contributed by atoms with Gasteiger partial charge in [0.05, 0.1) is 29.2 Å². The maximum absolute atomic E-state index is 5.78. The van der Waals surface area contributed by atoms with Crippen LogP contribution in [0.2, 0.25) is 5.02 Å². The van der Waals surface area contributed by atoms with Crippen molar-refractivity contribution in [2.24, 2.45) is 5.92 Å². The third-order valence-corrected chi connectivity index (χ3v) is 5.27. The van der Waals surface area contributed by atoms with Gasteiger partial charge in [0.15, 0.2) is 0 Å². The predicted molar refractivity (Wildman–Crippen MR) is 93.6 cm³/mol. The lowest BCUT2D eigenvalue weighted by Gasteiger charge is -2.32. The first-order valence-electron chi connectivity index (χ1n) is 8.92. The Labute approximate surface area is 152 Å². The van der Waals surface area contributed by atoms with E-state index in [1.54, 1.807) is 0 Å². The molecular formula is C17H23ClN6O. The molecule has 3 heterocycles. The average molecular weight is 363 g/mol. The molecule has 1 aliphatic carbocycles. The van der Waals surface area contributed by atoms with Crippen LogP contribution in [0.25, 0.3) is 0 Å². The van der Waals surface area contributed by atoms with Gasteiger partial charge in [-0.2, -0.15) is 0 Å². The Bertz CT molecular complexity index is 706. The smallest absolute Gasteiger partial charge is 0.316 e. The lowest BCUT2D eigenvalue weighted by Crippen LogP contribution is -2.36. The molecule has 4 rings (SSSR count). The zero-order valence-corrected chi connectivity index (χ0v) is 15.2. The third kappa shape index (κ3) is 4.10. The van der Waals surface area contributed by atoms with E-state index < -0.39 is 0 Å². The second-order valence-corrected chi connectivity index (χ2v) is 7.45. The number of halogens is 1. The Kier molecular flexibility index (Phi) is 4.85. The van der Waals surface area contributed by atoms with Crippen LogP contribution < -0.4 is 4.74 Å². The summed E-state index contributed by atoms with van der Waals surface area (Å²) in [7, 11) is 0. The van der Waals surface area contributed by atoms with E-state index >= 15 is 0 Å². The predicted octanol–water partition coefficient (Wildman–Crippen LogP) is 2.66. The van der Waals surface area contributed by atoms with Gasteiger partial charge in [-0.1, -0.05) is 16.8 Å². The molecule has 0 atom stereocenters. The first-order valence-corrected chi connectivity index (χ1v) is 9.30. The lowest BCUT2D eigenvalue weighted by atomic mass is 10.0. The third-order valence-electron chi connectivity index (χ3n) is 5.07. The summed E-state index contributed by atoms with van der Waals surface area (Å²) in [6, 6.07) is 0.732. The van der Waals surface area contributed by atoms with Crippen molar-refractivity contribution in [2.45, 2.75) is 45.3 Å². The van der Waals surface area contributed by atoms with E-state index in [0.29, 0.717) is 23.7 Å². The van der Waals surface area contributed by atoms with Crippen molar-refractivity contribution in [2.75, 3.05) is 19.6 Å². The minimum atomic E-state index is 0.298. The van der Waals surface area contributed by atoms with Gasteiger partial charge in [-0.25, -0.2) is 14.6 Å². The molecule has 25 heavy (non-hydrogen) atoms. The number of rotatable bonds is 6. The molecule has 7 nitrogen and oxygen atoms in total. The molecule has 0 unspecified atom stereocenters. The topological polar surface area (TPSA) is 69.0 Å². The molecule has 0 radical (unpaired) electrons. The van der Waals surface area contributed by atoms with E-state index in [0.717, 1.165) is 43.2 Å². The van der Waals surface area contributed by atoms with Crippen molar-refractivity contribution in [3.05, 3.63) is 28.8 Å². The standard InChI is InChI=1S/C17H23ClN6O/c1-12-16(11-25-17-19-8-14(18)9-20-17)21-22-24(12)15-4-6-23(7-5-15)10-13-2-3-13/h8-9,13,15H,2-7,10-11H2,1H3. The number of ether oxygens (including phenoxy) is 1. The zero-order chi connectivity index (χ0) is 17.2. The van der Waals surface area contributed by atoms with Crippen LogP contribution in [-0.4, -0.2) is 49.5 Å². The number of likely N-dealkylation sites (tertiary alicyclic amines) is 1. The van der Waals surface area contributed by atoms with E-state index in [1.165, 1.54) is 31.8 Å². The second-order valence-electron chi connectivity index (χ2n) is 7.01. The summed E-state index contributed by atoms with van der Waals surface area (Å²) >= 11 is 5.78. The molecule has 2 fully saturated rings. The maximum Gasteiger partial charge on any atom is 0.316 e. The minimum Gasteiger partial charge on any atom is -0.457 e. The monoisotopic (exact) mass is 362 g/mol. The number of piperidine rings is 1. The van der Waals surface area contributed by atoms with Gasteiger partial charge in [0.2, 0.25) is 0 Å². The summed E-state index contributed by atoms with van der Waals surface area (Å²) in [4.78, 5) is 10.7. The molecule has 0 bridgehead atoms. The summed E-state index contributed by atoms with van der Waals surface area (Å²) in [5.41, 5.74) is 1.90. The molecular weight excluding hydrogens is 340 g/mol. The van der Waals surface area contributed by atoms with E-state index in [-0.39, 0.29) is 0 Å². The molecule has 1 saturated heterocycles. The molecule has 2 aromatic heterocycles. The van der Waals surface area contributed by atoms with Gasteiger partial charge in [0.1, 0.15) is 12.3 Å². The number of hydrogen-bond acceptors (Lipinski definition) is 6. The summed E-state index contributed by atoms with van der Waals surface area (Å²) in [5.74, 6) is 0.962. The van der Waals surface area contributed by atoms with Crippen molar-refractivity contribution in [1.29, 1.82) is 0 Å². The summed E-state index contributed by atoms with van der Waals surface area (Å²) in [5, 5.41) is 9.15.